The van der Waals surface area contributed by atoms with Gasteiger partial charge in [-0.05, 0) is 53.4 Å². The van der Waals surface area contributed by atoms with Gasteiger partial charge in [-0.1, -0.05) is 45.9 Å². The van der Waals surface area contributed by atoms with Gasteiger partial charge in [0, 0.05) is 17.2 Å². The Balaban J connectivity index is 1.86. The average molecular weight is 309 g/mol. The fourth-order valence-electron chi connectivity index (χ4n) is 4.93. The summed E-state index contributed by atoms with van der Waals surface area (Å²) in [5.74, 6) is 2.16. The molecule has 0 amide bonds. The van der Waals surface area contributed by atoms with Gasteiger partial charge < -0.3 is 0 Å². The Morgan fingerprint density at radius 3 is 2.52 bits per heavy atom. The fraction of sp³-hybridized carbons (Fsp3) is 0.476. The molecule has 120 valence electrons. The van der Waals surface area contributed by atoms with Crippen molar-refractivity contribution in [1.29, 1.82) is 0 Å². The minimum absolute atomic E-state index is 0.192. The lowest BCUT2D eigenvalue weighted by Gasteiger charge is -2.61. The van der Waals surface area contributed by atoms with E-state index in [1.54, 1.807) is 6.07 Å². The van der Waals surface area contributed by atoms with Crippen LogP contribution < -0.4 is 0 Å². The standard InChI is InChI=1S/C21H24FN/c1-12(2)19-16-11-15(21(16,3)4)13-9-10-18(23-20(13)19)14-7-5-6-8-17(14)22/h5-10,12,15-16,19H,11H2,1-4H3/t15-,16+,19-/m1/s1. The maximum absolute atomic E-state index is 14.1. The van der Waals surface area contributed by atoms with Gasteiger partial charge in [0.2, 0.25) is 0 Å². The van der Waals surface area contributed by atoms with Crippen molar-refractivity contribution in [3.05, 3.63) is 53.5 Å². The quantitative estimate of drug-likeness (QED) is 0.686. The van der Waals surface area contributed by atoms with Crippen LogP contribution in [0.15, 0.2) is 36.4 Å². The topological polar surface area (TPSA) is 12.9 Å². The Labute approximate surface area is 138 Å². The predicted molar refractivity (Wildman–Crippen MR) is 91.8 cm³/mol. The highest BCUT2D eigenvalue weighted by atomic mass is 19.1. The summed E-state index contributed by atoms with van der Waals surface area (Å²) in [6.45, 7) is 9.38. The second-order valence-electron chi connectivity index (χ2n) is 8.14. The Morgan fingerprint density at radius 2 is 1.87 bits per heavy atom. The average Bonchev–Trinajstić information content (AvgIpc) is 2.53. The van der Waals surface area contributed by atoms with Crippen molar-refractivity contribution >= 4 is 0 Å². The van der Waals surface area contributed by atoms with E-state index in [4.69, 9.17) is 4.98 Å². The molecule has 5 rings (SSSR count). The van der Waals surface area contributed by atoms with E-state index < -0.39 is 0 Å². The van der Waals surface area contributed by atoms with Crippen LogP contribution in [0.1, 0.15) is 57.2 Å². The minimum atomic E-state index is -0.192. The lowest BCUT2D eigenvalue weighted by molar-refractivity contribution is -0.0198. The first-order valence-corrected chi connectivity index (χ1v) is 8.67. The van der Waals surface area contributed by atoms with Gasteiger partial charge in [0.25, 0.3) is 0 Å². The van der Waals surface area contributed by atoms with E-state index >= 15 is 0 Å². The summed E-state index contributed by atoms with van der Waals surface area (Å²) in [7, 11) is 0. The summed E-state index contributed by atoms with van der Waals surface area (Å²) in [6, 6.07) is 11.1. The Kier molecular flexibility index (Phi) is 3.16. The summed E-state index contributed by atoms with van der Waals surface area (Å²) in [4.78, 5) is 4.95. The van der Waals surface area contributed by atoms with Gasteiger partial charge in [0.1, 0.15) is 5.82 Å². The predicted octanol–water partition coefficient (Wildman–Crippen LogP) is 5.77. The third-order valence-corrected chi connectivity index (χ3v) is 6.29. The maximum Gasteiger partial charge on any atom is 0.132 e. The molecular formula is C21H24FN. The van der Waals surface area contributed by atoms with Crippen LogP contribution in [0.5, 0.6) is 0 Å². The lowest BCUT2D eigenvalue weighted by Crippen LogP contribution is -2.51. The van der Waals surface area contributed by atoms with Crippen molar-refractivity contribution in [2.45, 2.75) is 46.0 Å². The van der Waals surface area contributed by atoms with E-state index in [9.17, 15) is 4.39 Å². The van der Waals surface area contributed by atoms with Crippen LogP contribution in [-0.4, -0.2) is 4.98 Å². The van der Waals surface area contributed by atoms with E-state index in [0.717, 1.165) is 5.69 Å². The zero-order valence-electron chi connectivity index (χ0n) is 14.3. The molecule has 2 bridgehead atoms. The van der Waals surface area contributed by atoms with Crippen LogP contribution in [0.3, 0.4) is 0 Å². The summed E-state index contributed by atoms with van der Waals surface area (Å²) < 4.78 is 14.1. The smallest absolute Gasteiger partial charge is 0.132 e. The SMILES string of the molecule is CC(C)[C@H]1c2nc(-c3ccccc3F)ccc2[C@H]2C[C@@H]1C2(C)C. The number of halogens is 1. The van der Waals surface area contributed by atoms with E-state index in [1.165, 1.54) is 23.7 Å². The minimum Gasteiger partial charge on any atom is -0.252 e. The molecule has 23 heavy (non-hydrogen) atoms. The van der Waals surface area contributed by atoms with Crippen molar-refractivity contribution in [1.82, 2.24) is 4.98 Å². The molecule has 1 saturated carbocycles. The van der Waals surface area contributed by atoms with Gasteiger partial charge >= 0.3 is 0 Å². The highest BCUT2D eigenvalue weighted by Crippen LogP contribution is 2.67. The second kappa shape index (κ2) is 4.90. The maximum atomic E-state index is 14.1. The number of rotatable bonds is 2. The Bertz CT molecular complexity index is 762. The van der Waals surface area contributed by atoms with Crippen LogP contribution in [0.25, 0.3) is 11.3 Å². The number of hydrogen-bond donors (Lipinski definition) is 0. The molecule has 0 spiro atoms. The van der Waals surface area contributed by atoms with E-state index in [0.29, 0.717) is 34.7 Å². The fourth-order valence-corrected chi connectivity index (χ4v) is 4.93. The Morgan fingerprint density at radius 1 is 1.13 bits per heavy atom. The van der Waals surface area contributed by atoms with Gasteiger partial charge in [0.05, 0.1) is 5.69 Å². The number of pyridine rings is 1. The highest BCUT2D eigenvalue weighted by molar-refractivity contribution is 5.61. The summed E-state index contributed by atoms with van der Waals surface area (Å²) in [5.41, 5.74) is 4.36. The number of aromatic nitrogens is 1. The molecule has 2 heteroatoms. The van der Waals surface area contributed by atoms with Crippen molar-refractivity contribution in [2.75, 3.05) is 0 Å². The molecule has 3 atom stereocenters. The van der Waals surface area contributed by atoms with Gasteiger partial charge in [-0.2, -0.15) is 0 Å². The molecule has 0 radical (unpaired) electrons. The number of benzene rings is 1. The molecule has 1 aromatic carbocycles. The zero-order chi connectivity index (χ0) is 16.4. The van der Waals surface area contributed by atoms with E-state index in [1.807, 2.05) is 18.2 Å². The molecule has 1 heterocycles. The lowest BCUT2D eigenvalue weighted by atomic mass is 9.43. The van der Waals surface area contributed by atoms with Crippen molar-refractivity contribution in [2.24, 2.45) is 17.3 Å². The monoisotopic (exact) mass is 309 g/mol. The normalized spacial score (nSPS) is 27.5. The first kappa shape index (κ1) is 14.9. The number of hydrogen-bond acceptors (Lipinski definition) is 1. The molecule has 1 aromatic heterocycles. The molecule has 1 fully saturated rings. The highest BCUT2D eigenvalue weighted by Gasteiger charge is 2.57. The summed E-state index contributed by atoms with van der Waals surface area (Å²) in [6.07, 6.45) is 1.28. The molecule has 0 unspecified atom stereocenters. The van der Waals surface area contributed by atoms with Crippen molar-refractivity contribution < 1.29 is 4.39 Å². The van der Waals surface area contributed by atoms with Crippen molar-refractivity contribution in [3.8, 4) is 11.3 Å². The van der Waals surface area contributed by atoms with E-state index in [-0.39, 0.29) is 5.82 Å². The molecular weight excluding hydrogens is 285 g/mol. The largest absolute Gasteiger partial charge is 0.252 e. The first-order chi connectivity index (χ1) is 10.9. The van der Waals surface area contributed by atoms with Crippen LogP contribution >= 0.6 is 0 Å². The number of nitrogens with zero attached hydrogens (tertiary/aromatic N) is 1. The van der Waals surface area contributed by atoms with E-state index in [2.05, 4.69) is 33.8 Å². The molecule has 3 aliphatic carbocycles. The third-order valence-electron chi connectivity index (χ3n) is 6.29. The first-order valence-electron chi connectivity index (χ1n) is 8.67. The molecule has 2 aromatic rings. The van der Waals surface area contributed by atoms with Crippen LogP contribution in [0.4, 0.5) is 4.39 Å². The molecule has 1 nitrogen and oxygen atoms in total. The van der Waals surface area contributed by atoms with Crippen LogP contribution in [0, 0.1) is 23.1 Å². The van der Waals surface area contributed by atoms with Gasteiger partial charge in [-0.25, -0.2) is 4.39 Å². The van der Waals surface area contributed by atoms with Crippen molar-refractivity contribution in [3.63, 3.8) is 0 Å². The summed E-state index contributed by atoms with van der Waals surface area (Å²) in [5, 5.41) is 0. The van der Waals surface area contributed by atoms with Crippen LogP contribution in [0.2, 0.25) is 0 Å². The van der Waals surface area contributed by atoms with Gasteiger partial charge in [-0.3, -0.25) is 4.98 Å². The molecule has 0 saturated heterocycles. The molecule has 0 aliphatic heterocycles. The third kappa shape index (κ3) is 2.00. The summed E-state index contributed by atoms with van der Waals surface area (Å²) >= 11 is 0. The Hall–Kier alpha value is -1.70. The van der Waals surface area contributed by atoms with Crippen LogP contribution in [-0.2, 0) is 0 Å². The zero-order valence-corrected chi connectivity index (χ0v) is 14.3. The second-order valence-corrected chi connectivity index (χ2v) is 8.14. The van der Waals surface area contributed by atoms with Gasteiger partial charge in [-0.15, -0.1) is 0 Å². The molecule has 0 N–H and O–H groups in total. The molecule has 3 aliphatic rings. The van der Waals surface area contributed by atoms with Gasteiger partial charge in [0.15, 0.2) is 0 Å².